The van der Waals surface area contributed by atoms with Crippen molar-refractivity contribution in [2.24, 2.45) is 5.92 Å². The Labute approximate surface area is 183 Å². The molecular weight excluding hydrogens is 416 g/mol. The van der Waals surface area contributed by atoms with Gasteiger partial charge in [0.2, 0.25) is 0 Å². The number of esters is 1. The molecule has 1 atom stereocenters. The van der Waals surface area contributed by atoms with Crippen molar-refractivity contribution in [1.82, 2.24) is 4.90 Å². The quantitative estimate of drug-likeness (QED) is 0.418. The highest BCUT2D eigenvalue weighted by Crippen LogP contribution is 2.29. The number of anilines is 1. The standard InChI is InChI=1S/C23H20N2O7/c1-12(2)20(25-21(28)14-5-3-4-6-15(14)22(25)29)23(30)32-10-17(26)13-7-8-18-16(9-13)24-19(27)11-31-18/h3-9,12,20H,10-11H2,1-2H3,(H,24,27)/t20-/m1/s1. The van der Waals surface area contributed by atoms with Gasteiger partial charge in [0.25, 0.3) is 17.7 Å². The van der Waals surface area contributed by atoms with Crippen molar-refractivity contribution in [3.63, 3.8) is 0 Å². The van der Waals surface area contributed by atoms with Gasteiger partial charge in [0.05, 0.1) is 16.8 Å². The highest BCUT2D eigenvalue weighted by atomic mass is 16.5. The number of nitrogens with one attached hydrogen (secondary N) is 1. The normalized spacial score (nSPS) is 15.6. The number of fused-ring (bicyclic) bond motifs is 2. The molecule has 0 saturated heterocycles. The summed E-state index contributed by atoms with van der Waals surface area (Å²) < 4.78 is 10.5. The minimum atomic E-state index is -1.17. The summed E-state index contributed by atoms with van der Waals surface area (Å²) in [5.41, 5.74) is 1.02. The Balaban J connectivity index is 1.47. The minimum absolute atomic E-state index is 0.105. The van der Waals surface area contributed by atoms with Gasteiger partial charge < -0.3 is 14.8 Å². The zero-order valence-electron chi connectivity index (χ0n) is 17.4. The van der Waals surface area contributed by atoms with Gasteiger partial charge >= 0.3 is 5.97 Å². The van der Waals surface area contributed by atoms with E-state index in [1.807, 2.05) is 0 Å². The highest BCUT2D eigenvalue weighted by Gasteiger charge is 2.44. The van der Waals surface area contributed by atoms with Crippen LogP contribution in [0, 0.1) is 5.92 Å². The maximum atomic E-state index is 12.8. The van der Waals surface area contributed by atoms with E-state index in [0.29, 0.717) is 11.4 Å². The largest absolute Gasteiger partial charge is 0.482 e. The highest BCUT2D eigenvalue weighted by molar-refractivity contribution is 6.22. The average molecular weight is 436 g/mol. The third kappa shape index (κ3) is 3.73. The second-order valence-electron chi connectivity index (χ2n) is 7.79. The predicted molar refractivity (Wildman–Crippen MR) is 111 cm³/mol. The fraction of sp³-hybridized carbons (Fsp3) is 0.261. The Morgan fingerprint density at radius 3 is 2.34 bits per heavy atom. The molecule has 9 heteroatoms. The molecule has 0 unspecified atom stereocenters. The number of amides is 3. The fourth-order valence-electron chi connectivity index (χ4n) is 3.70. The lowest BCUT2D eigenvalue weighted by Gasteiger charge is -2.27. The number of imide groups is 1. The molecule has 2 aromatic carbocycles. The van der Waals surface area contributed by atoms with E-state index in [0.717, 1.165) is 4.90 Å². The van der Waals surface area contributed by atoms with Crippen molar-refractivity contribution in [3.05, 3.63) is 59.2 Å². The minimum Gasteiger partial charge on any atom is -0.482 e. The average Bonchev–Trinajstić information content (AvgIpc) is 3.02. The van der Waals surface area contributed by atoms with E-state index in [1.165, 1.54) is 24.3 Å². The fourth-order valence-corrected chi connectivity index (χ4v) is 3.70. The van der Waals surface area contributed by atoms with Gasteiger partial charge in [0, 0.05) is 5.56 Å². The molecule has 0 bridgehead atoms. The molecule has 0 fully saturated rings. The molecule has 2 heterocycles. The van der Waals surface area contributed by atoms with Crippen LogP contribution in [0.3, 0.4) is 0 Å². The molecule has 0 saturated carbocycles. The van der Waals surface area contributed by atoms with Crippen molar-refractivity contribution in [2.75, 3.05) is 18.5 Å². The Bertz CT molecular complexity index is 1120. The summed E-state index contributed by atoms with van der Waals surface area (Å²) in [6.07, 6.45) is 0. The Hall–Kier alpha value is -4.01. The first-order valence-corrected chi connectivity index (χ1v) is 10.0. The SMILES string of the molecule is CC(C)[C@H](C(=O)OCC(=O)c1ccc2c(c1)NC(=O)CO2)N1C(=O)c2ccccc2C1=O. The second kappa shape index (κ2) is 8.26. The van der Waals surface area contributed by atoms with Gasteiger partial charge in [-0.15, -0.1) is 0 Å². The molecule has 32 heavy (non-hydrogen) atoms. The van der Waals surface area contributed by atoms with E-state index < -0.39 is 42.1 Å². The van der Waals surface area contributed by atoms with Crippen LogP contribution < -0.4 is 10.1 Å². The first kappa shape index (κ1) is 21.2. The van der Waals surface area contributed by atoms with Gasteiger partial charge in [-0.3, -0.25) is 24.1 Å². The number of benzene rings is 2. The van der Waals surface area contributed by atoms with Crippen LogP contribution in [0.4, 0.5) is 5.69 Å². The topological polar surface area (TPSA) is 119 Å². The monoisotopic (exact) mass is 436 g/mol. The first-order chi connectivity index (χ1) is 15.3. The molecule has 2 aliphatic heterocycles. The van der Waals surface area contributed by atoms with Crippen molar-refractivity contribution >= 4 is 35.2 Å². The molecule has 3 amide bonds. The molecule has 2 aliphatic rings. The van der Waals surface area contributed by atoms with E-state index in [4.69, 9.17) is 9.47 Å². The van der Waals surface area contributed by atoms with E-state index >= 15 is 0 Å². The smallest absolute Gasteiger partial charge is 0.330 e. The summed E-state index contributed by atoms with van der Waals surface area (Å²) in [6, 6.07) is 9.64. The van der Waals surface area contributed by atoms with Crippen LogP contribution in [0.2, 0.25) is 0 Å². The van der Waals surface area contributed by atoms with Gasteiger partial charge in [-0.1, -0.05) is 26.0 Å². The van der Waals surface area contributed by atoms with Gasteiger partial charge in [0.1, 0.15) is 11.8 Å². The lowest BCUT2D eigenvalue weighted by Crippen LogP contribution is -2.49. The number of carbonyl (C=O) groups excluding carboxylic acids is 5. The number of ether oxygens (including phenoxy) is 2. The lowest BCUT2D eigenvalue weighted by molar-refractivity contribution is -0.148. The van der Waals surface area contributed by atoms with Crippen LogP contribution in [-0.4, -0.2) is 53.6 Å². The van der Waals surface area contributed by atoms with Crippen LogP contribution in [0.25, 0.3) is 0 Å². The van der Waals surface area contributed by atoms with Crippen LogP contribution in [-0.2, 0) is 14.3 Å². The molecule has 4 rings (SSSR count). The van der Waals surface area contributed by atoms with E-state index in [2.05, 4.69) is 5.32 Å². The van der Waals surface area contributed by atoms with Gasteiger partial charge in [0.15, 0.2) is 19.0 Å². The molecule has 0 radical (unpaired) electrons. The van der Waals surface area contributed by atoms with Crippen LogP contribution >= 0.6 is 0 Å². The number of nitrogens with zero attached hydrogens (tertiary/aromatic N) is 1. The molecular formula is C23H20N2O7. The Kier molecular flexibility index (Phi) is 5.48. The summed E-state index contributed by atoms with van der Waals surface area (Å²) in [5, 5.41) is 2.60. The number of hydrogen-bond donors (Lipinski definition) is 1. The Morgan fingerprint density at radius 2 is 1.72 bits per heavy atom. The zero-order valence-corrected chi connectivity index (χ0v) is 17.4. The van der Waals surface area contributed by atoms with Crippen molar-refractivity contribution in [1.29, 1.82) is 0 Å². The van der Waals surface area contributed by atoms with Crippen molar-refractivity contribution in [2.45, 2.75) is 19.9 Å². The summed E-state index contributed by atoms with van der Waals surface area (Å²) in [4.78, 5) is 63.3. The number of ketones is 1. The third-order valence-electron chi connectivity index (χ3n) is 5.26. The second-order valence-corrected chi connectivity index (χ2v) is 7.79. The molecule has 2 aromatic rings. The summed E-state index contributed by atoms with van der Waals surface area (Å²) >= 11 is 0. The van der Waals surface area contributed by atoms with Gasteiger partial charge in [-0.05, 0) is 36.2 Å². The van der Waals surface area contributed by atoms with Crippen molar-refractivity contribution < 1.29 is 33.4 Å². The summed E-state index contributed by atoms with van der Waals surface area (Å²) in [7, 11) is 0. The lowest BCUT2D eigenvalue weighted by atomic mass is 10.0. The van der Waals surface area contributed by atoms with Crippen LogP contribution in [0.1, 0.15) is 44.9 Å². The third-order valence-corrected chi connectivity index (χ3v) is 5.26. The predicted octanol–water partition coefficient (Wildman–Crippen LogP) is 2.06. The number of hydrogen-bond acceptors (Lipinski definition) is 7. The van der Waals surface area contributed by atoms with Crippen LogP contribution in [0.15, 0.2) is 42.5 Å². The van der Waals surface area contributed by atoms with Crippen LogP contribution in [0.5, 0.6) is 5.75 Å². The van der Waals surface area contributed by atoms with Crippen molar-refractivity contribution in [3.8, 4) is 5.75 Å². The first-order valence-electron chi connectivity index (χ1n) is 10.0. The van der Waals surface area contributed by atoms with E-state index in [-0.39, 0.29) is 29.2 Å². The molecule has 0 aliphatic carbocycles. The number of Topliss-reactive ketones (excluding diaryl/α,β-unsaturated/α-hetero) is 1. The molecule has 0 spiro atoms. The molecule has 164 valence electrons. The van der Waals surface area contributed by atoms with Gasteiger partial charge in [-0.2, -0.15) is 0 Å². The molecule has 9 nitrogen and oxygen atoms in total. The van der Waals surface area contributed by atoms with E-state index in [1.54, 1.807) is 32.0 Å². The maximum absolute atomic E-state index is 12.8. The maximum Gasteiger partial charge on any atom is 0.330 e. The van der Waals surface area contributed by atoms with Gasteiger partial charge in [-0.25, -0.2) is 4.79 Å². The summed E-state index contributed by atoms with van der Waals surface area (Å²) in [5.74, 6) is -2.84. The number of rotatable bonds is 6. The molecule has 0 aromatic heterocycles. The Morgan fingerprint density at radius 1 is 1.06 bits per heavy atom. The molecule has 1 N–H and O–H groups in total. The van der Waals surface area contributed by atoms with E-state index in [9.17, 15) is 24.0 Å². The summed E-state index contributed by atoms with van der Waals surface area (Å²) in [6.45, 7) is 2.68. The zero-order chi connectivity index (χ0) is 23.0. The number of carbonyl (C=O) groups is 5.